The average Bonchev–Trinajstić information content (AvgIpc) is 3.59. The number of rotatable bonds is 8. The number of nitrogens with one attached hydrogen (secondary N) is 2. The maximum absolute atomic E-state index is 12.4. The van der Waals surface area contributed by atoms with Gasteiger partial charge in [0, 0.05) is 37.1 Å². The fourth-order valence-electron chi connectivity index (χ4n) is 3.84. The molecule has 0 bridgehead atoms. The van der Waals surface area contributed by atoms with E-state index in [4.69, 9.17) is 0 Å². The van der Waals surface area contributed by atoms with Gasteiger partial charge in [-0.25, -0.2) is 0 Å². The van der Waals surface area contributed by atoms with Crippen LogP contribution in [-0.2, 0) is 17.8 Å². The Bertz CT molecular complexity index is 1320. The van der Waals surface area contributed by atoms with Gasteiger partial charge in [0.05, 0.1) is 24.4 Å². The van der Waals surface area contributed by atoms with E-state index in [-0.39, 0.29) is 24.2 Å². The Labute approximate surface area is 211 Å². The van der Waals surface area contributed by atoms with Crippen molar-refractivity contribution in [3.63, 3.8) is 0 Å². The number of carbonyl (C=O) groups is 2. The maximum atomic E-state index is 12.4. The van der Waals surface area contributed by atoms with Crippen molar-refractivity contribution in [2.24, 2.45) is 0 Å². The summed E-state index contributed by atoms with van der Waals surface area (Å²) < 4.78 is 0. The Morgan fingerprint density at radius 1 is 0.944 bits per heavy atom. The third-order valence-corrected chi connectivity index (χ3v) is 6.65. The number of pyridine rings is 2. The zero-order valence-corrected chi connectivity index (χ0v) is 20.1. The molecule has 2 amide bonds. The first-order valence-corrected chi connectivity index (χ1v) is 12.3. The molecule has 11 nitrogen and oxygen atoms in total. The predicted molar refractivity (Wildman–Crippen MR) is 133 cm³/mol. The molecule has 2 N–H and O–H groups in total. The van der Waals surface area contributed by atoms with Crippen LogP contribution in [0.15, 0.2) is 60.9 Å². The molecule has 1 aliphatic rings. The minimum Gasteiger partial charge on any atom is -0.346 e. The molecule has 1 aliphatic heterocycles. The lowest BCUT2D eigenvalue weighted by Crippen LogP contribution is -2.23. The first kappa shape index (κ1) is 23.4. The lowest BCUT2D eigenvalue weighted by molar-refractivity contribution is -0.115. The Kier molecular flexibility index (Phi) is 7.12. The second-order valence-electron chi connectivity index (χ2n) is 8.21. The molecule has 0 radical (unpaired) electrons. The van der Waals surface area contributed by atoms with Gasteiger partial charge in [-0.3, -0.25) is 19.6 Å². The van der Waals surface area contributed by atoms with Crippen molar-refractivity contribution in [1.82, 2.24) is 35.7 Å². The third-order valence-electron chi connectivity index (χ3n) is 5.66. The monoisotopic (exact) mass is 501 g/mol. The number of hydrogen-bond acceptors (Lipinski definition) is 10. The number of aromatic nitrogens is 6. The van der Waals surface area contributed by atoms with Crippen molar-refractivity contribution in [1.29, 1.82) is 0 Å². The van der Waals surface area contributed by atoms with E-state index < -0.39 is 0 Å². The van der Waals surface area contributed by atoms with Crippen LogP contribution in [0.4, 0.5) is 10.9 Å². The van der Waals surface area contributed by atoms with Crippen LogP contribution in [-0.4, -0.2) is 55.3 Å². The summed E-state index contributed by atoms with van der Waals surface area (Å²) in [5.74, 6) is 0.103. The summed E-state index contributed by atoms with van der Waals surface area (Å²) in [4.78, 5) is 35.1. The Hall–Kier alpha value is -4.32. The molecule has 0 unspecified atom stereocenters. The van der Waals surface area contributed by atoms with E-state index in [2.05, 4.69) is 45.9 Å². The van der Waals surface area contributed by atoms with Gasteiger partial charge in [0.2, 0.25) is 16.0 Å². The molecule has 1 atom stereocenters. The minimum absolute atomic E-state index is 0.168. The van der Waals surface area contributed by atoms with Crippen molar-refractivity contribution >= 4 is 34.1 Å². The summed E-state index contributed by atoms with van der Waals surface area (Å²) in [7, 11) is 0. The second kappa shape index (κ2) is 11.0. The molecular formula is C24H23N9O2S. The van der Waals surface area contributed by atoms with Crippen LogP contribution >= 0.6 is 11.3 Å². The van der Waals surface area contributed by atoms with Crippen LogP contribution in [0.25, 0.3) is 0 Å². The van der Waals surface area contributed by atoms with E-state index in [0.29, 0.717) is 34.7 Å². The topological polar surface area (TPSA) is 139 Å². The highest BCUT2D eigenvalue weighted by molar-refractivity contribution is 7.17. The van der Waals surface area contributed by atoms with Crippen LogP contribution < -0.4 is 15.5 Å². The molecule has 1 saturated heterocycles. The molecule has 182 valence electrons. The first-order valence-electron chi connectivity index (χ1n) is 11.4. The van der Waals surface area contributed by atoms with E-state index in [1.165, 1.54) is 11.3 Å². The van der Waals surface area contributed by atoms with Gasteiger partial charge in [0.1, 0.15) is 0 Å². The number of amides is 2. The highest BCUT2D eigenvalue weighted by atomic mass is 32.1. The Balaban J connectivity index is 1.13. The first-order chi connectivity index (χ1) is 17.6. The van der Waals surface area contributed by atoms with Crippen molar-refractivity contribution in [3.05, 3.63) is 83.0 Å². The molecule has 12 heteroatoms. The van der Waals surface area contributed by atoms with Gasteiger partial charge in [0.15, 0.2) is 5.82 Å². The van der Waals surface area contributed by atoms with E-state index in [0.717, 1.165) is 24.4 Å². The third kappa shape index (κ3) is 5.84. The lowest BCUT2D eigenvalue weighted by Gasteiger charge is -2.13. The number of hydrogen-bond donors (Lipinski definition) is 2. The predicted octanol–water partition coefficient (Wildman–Crippen LogP) is 2.22. The summed E-state index contributed by atoms with van der Waals surface area (Å²) in [6.07, 6.45) is 4.39. The summed E-state index contributed by atoms with van der Waals surface area (Å²) in [5.41, 5.74) is 2.31. The molecule has 0 saturated carbocycles. The molecule has 0 aromatic carbocycles. The smallest absolute Gasteiger partial charge is 0.282 e. The zero-order valence-electron chi connectivity index (χ0n) is 19.2. The van der Waals surface area contributed by atoms with Gasteiger partial charge in [-0.05, 0) is 42.8 Å². The summed E-state index contributed by atoms with van der Waals surface area (Å²) >= 11 is 1.26. The van der Waals surface area contributed by atoms with Crippen LogP contribution in [0.5, 0.6) is 0 Å². The highest BCUT2D eigenvalue weighted by Gasteiger charge is 2.28. The average molecular weight is 502 g/mol. The van der Waals surface area contributed by atoms with Crippen molar-refractivity contribution < 1.29 is 9.59 Å². The Morgan fingerprint density at radius 2 is 1.75 bits per heavy atom. The molecule has 0 spiro atoms. The standard InChI is InChI=1S/C24H23N9O2S/c34-21(13-17-5-1-3-10-25-17)28-20-8-7-19(29-30-20)16-9-12-33(15-16)24-32-31-23(36-24)22(35)27-14-18-6-2-4-11-26-18/h1-8,10-11,16H,9,12-15H2,(H,27,35)(H,28,30,34)/t16-/m0/s1. The fraction of sp³-hybridized carbons (Fsp3) is 0.250. The number of carbonyl (C=O) groups excluding carboxylic acids is 2. The molecule has 4 aromatic rings. The maximum Gasteiger partial charge on any atom is 0.282 e. The van der Waals surface area contributed by atoms with Gasteiger partial charge in [-0.15, -0.1) is 15.3 Å². The molecular weight excluding hydrogens is 478 g/mol. The second-order valence-corrected chi connectivity index (χ2v) is 9.17. The van der Waals surface area contributed by atoms with Gasteiger partial charge in [-0.1, -0.05) is 23.5 Å². The van der Waals surface area contributed by atoms with Crippen molar-refractivity contribution in [3.8, 4) is 0 Å². The van der Waals surface area contributed by atoms with E-state index in [1.807, 2.05) is 36.4 Å². The molecule has 5 heterocycles. The SMILES string of the molecule is O=C(Cc1ccccn1)Nc1ccc([C@H]2CCN(c3nnc(C(=O)NCc4ccccn4)s3)C2)nn1. The van der Waals surface area contributed by atoms with E-state index in [9.17, 15) is 9.59 Å². The lowest BCUT2D eigenvalue weighted by atomic mass is 10.1. The van der Waals surface area contributed by atoms with E-state index in [1.54, 1.807) is 24.5 Å². The fourth-order valence-corrected chi connectivity index (χ4v) is 4.64. The van der Waals surface area contributed by atoms with Crippen LogP contribution in [0, 0.1) is 0 Å². The highest BCUT2D eigenvalue weighted by Crippen LogP contribution is 2.31. The number of nitrogens with zero attached hydrogens (tertiary/aromatic N) is 7. The summed E-state index contributed by atoms with van der Waals surface area (Å²) in [6, 6.07) is 14.6. The normalized spacial score (nSPS) is 15.0. The largest absolute Gasteiger partial charge is 0.346 e. The van der Waals surface area contributed by atoms with Crippen LogP contribution in [0.2, 0.25) is 0 Å². The molecule has 0 aliphatic carbocycles. The molecule has 36 heavy (non-hydrogen) atoms. The molecule has 5 rings (SSSR count). The van der Waals surface area contributed by atoms with Gasteiger partial charge >= 0.3 is 0 Å². The number of anilines is 2. The summed E-state index contributed by atoms with van der Waals surface area (Å²) in [5, 5.41) is 23.4. The van der Waals surface area contributed by atoms with Crippen LogP contribution in [0.1, 0.15) is 39.2 Å². The van der Waals surface area contributed by atoms with Crippen molar-refractivity contribution in [2.45, 2.75) is 25.3 Å². The van der Waals surface area contributed by atoms with Gasteiger partial charge < -0.3 is 15.5 Å². The van der Waals surface area contributed by atoms with Crippen molar-refractivity contribution in [2.75, 3.05) is 23.3 Å². The molecule has 1 fully saturated rings. The van der Waals surface area contributed by atoms with Gasteiger partial charge in [0.25, 0.3) is 5.91 Å². The van der Waals surface area contributed by atoms with E-state index >= 15 is 0 Å². The zero-order chi connectivity index (χ0) is 24.7. The minimum atomic E-state index is -0.272. The van der Waals surface area contributed by atoms with Gasteiger partial charge in [-0.2, -0.15) is 5.10 Å². The Morgan fingerprint density at radius 3 is 2.47 bits per heavy atom. The van der Waals surface area contributed by atoms with Crippen LogP contribution in [0.3, 0.4) is 0 Å². The molecule has 4 aromatic heterocycles. The quantitative estimate of drug-likeness (QED) is 0.372. The summed E-state index contributed by atoms with van der Waals surface area (Å²) in [6.45, 7) is 1.81.